The Balaban J connectivity index is 3.58. The van der Waals surface area contributed by atoms with E-state index >= 15 is 0 Å². The van der Waals surface area contributed by atoms with Crippen molar-refractivity contribution in [1.82, 2.24) is 10.2 Å². The van der Waals surface area contributed by atoms with Gasteiger partial charge in [0, 0.05) is 12.6 Å². The lowest BCUT2D eigenvalue weighted by molar-refractivity contribution is 0.0910. The van der Waals surface area contributed by atoms with E-state index in [-0.39, 0.29) is 19.2 Å². The van der Waals surface area contributed by atoms with Gasteiger partial charge in [-0.25, -0.2) is 8.78 Å². The second kappa shape index (κ2) is 6.28. The van der Waals surface area contributed by atoms with Crippen molar-refractivity contribution in [1.29, 1.82) is 0 Å². The second-order valence-electron chi connectivity index (χ2n) is 2.78. The highest BCUT2D eigenvalue weighted by atomic mass is 19.3. The average molecular weight is 182 g/mol. The molecule has 0 aliphatic heterocycles. The van der Waals surface area contributed by atoms with Crippen molar-refractivity contribution in [3.63, 3.8) is 0 Å². The van der Waals surface area contributed by atoms with Crippen molar-refractivity contribution in [3.8, 4) is 0 Å². The minimum atomic E-state index is -2.31. The molecular formula is C7H16F2N2O. The van der Waals surface area contributed by atoms with Gasteiger partial charge in [-0.3, -0.25) is 4.90 Å². The molecule has 2 N–H and O–H groups in total. The number of nitrogens with one attached hydrogen (secondary N) is 1. The molecule has 3 nitrogen and oxygen atoms in total. The lowest BCUT2D eigenvalue weighted by Crippen LogP contribution is -2.41. The minimum Gasteiger partial charge on any atom is -0.395 e. The first-order chi connectivity index (χ1) is 5.60. The van der Waals surface area contributed by atoms with Crippen LogP contribution in [0.25, 0.3) is 0 Å². The smallest absolute Gasteiger partial charge is 0.251 e. The molecule has 0 aliphatic rings. The fourth-order valence-electron chi connectivity index (χ4n) is 0.927. The van der Waals surface area contributed by atoms with Crippen molar-refractivity contribution in [2.75, 3.05) is 33.8 Å². The van der Waals surface area contributed by atoms with Gasteiger partial charge in [0.05, 0.1) is 13.2 Å². The zero-order valence-electron chi connectivity index (χ0n) is 7.43. The molecule has 0 spiro atoms. The van der Waals surface area contributed by atoms with Crippen molar-refractivity contribution in [2.45, 2.75) is 12.5 Å². The summed E-state index contributed by atoms with van der Waals surface area (Å²) in [6, 6.07) is -0.131. The summed E-state index contributed by atoms with van der Waals surface area (Å²) in [6.45, 7) is 0.138. The lowest BCUT2D eigenvalue weighted by Gasteiger charge is -2.21. The van der Waals surface area contributed by atoms with E-state index < -0.39 is 6.43 Å². The molecule has 1 atom stereocenters. The zero-order chi connectivity index (χ0) is 9.56. The highest BCUT2D eigenvalue weighted by molar-refractivity contribution is 4.67. The van der Waals surface area contributed by atoms with Gasteiger partial charge < -0.3 is 10.4 Å². The predicted octanol–water partition coefficient (Wildman–Crippen LogP) is -0.236. The van der Waals surface area contributed by atoms with Gasteiger partial charge in [0.25, 0.3) is 6.43 Å². The van der Waals surface area contributed by atoms with Gasteiger partial charge in [-0.15, -0.1) is 0 Å². The standard InChI is InChI=1S/C7H16F2N2O/c1-10-6(5-12)3-11(2)4-7(8)9/h6-7,10,12H,3-5H2,1-2H3. The number of hydrogen-bond donors (Lipinski definition) is 2. The third kappa shape index (κ3) is 5.40. The van der Waals surface area contributed by atoms with E-state index in [1.807, 2.05) is 0 Å². The highest BCUT2D eigenvalue weighted by Crippen LogP contribution is 1.96. The third-order valence-corrected chi connectivity index (χ3v) is 1.61. The Kier molecular flexibility index (Phi) is 6.14. The summed E-state index contributed by atoms with van der Waals surface area (Å²) in [5, 5.41) is 11.6. The summed E-state index contributed by atoms with van der Waals surface area (Å²) in [7, 11) is 3.29. The number of alkyl halides is 2. The van der Waals surface area contributed by atoms with E-state index in [1.165, 1.54) is 4.90 Å². The van der Waals surface area contributed by atoms with Crippen molar-refractivity contribution in [3.05, 3.63) is 0 Å². The van der Waals surface area contributed by atoms with Crippen LogP contribution in [0.5, 0.6) is 0 Å². The zero-order valence-corrected chi connectivity index (χ0v) is 7.43. The molecule has 0 amide bonds. The van der Waals surface area contributed by atoms with Crippen LogP contribution >= 0.6 is 0 Å². The van der Waals surface area contributed by atoms with Crippen LogP contribution in [0.1, 0.15) is 0 Å². The van der Waals surface area contributed by atoms with Crippen LogP contribution in [0.3, 0.4) is 0 Å². The van der Waals surface area contributed by atoms with Crippen molar-refractivity contribution in [2.24, 2.45) is 0 Å². The maximum Gasteiger partial charge on any atom is 0.251 e. The highest BCUT2D eigenvalue weighted by Gasteiger charge is 2.11. The van der Waals surface area contributed by atoms with E-state index in [0.717, 1.165) is 0 Å². The maximum absolute atomic E-state index is 11.8. The summed E-state index contributed by atoms with van der Waals surface area (Å²) in [5.41, 5.74) is 0. The Bertz CT molecular complexity index is 110. The number of nitrogens with zero attached hydrogens (tertiary/aromatic N) is 1. The van der Waals surface area contributed by atoms with E-state index in [1.54, 1.807) is 14.1 Å². The molecule has 0 radical (unpaired) electrons. The quantitative estimate of drug-likeness (QED) is 0.595. The van der Waals surface area contributed by atoms with Crippen LogP contribution in [-0.4, -0.2) is 56.3 Å². The second-order valence-corrected chi connectivity index (χ2v) is 2.78. The van der Waals surface area contributed by atoms with Crippen molar-refractivity contribution < 1.29 is 13.9 Å². The summed E-state index contributed by atoms with van der Waals surface area (Å²) in [5.74, 6) is 0. The normalized spacial score (nSPS) is 14.2. The molecule has 0 rings (SSSR count). The number of aliphatic hydroxyl groups excluding tert-OH is 1. The molecule has 0 aromatic carbocycles. The van der Waals surface area contributed by atoms with E-state index in [0.29, 0.717) is 6.54 Å². The molecule has 0 heterocycles. The van der Waals surface area contributed by atoms with Crippen LogP contribution in [0.4, 0.5) is 8.78 Å². The van der Waals surface area contributed by atoms with Crippen LogP contribution in [0, 0.1) is 0 Å². The molecule has 0 saturated carbocycles. The SMILES string of the molecule is CNC(CO)CN(C)CC(F)F. The number of hydrogen-bond acceptors (Lipinski definition) is 3. The number of rotatable bonds is 6. The van der Waals surface area contributed by atoms with E-state index in [9.17, 15) is 8.78 Å². The number of halogens is 2. The van der Waals surface area contributed by atoms with Crippen LogP contribution < -0.4 is 5.32 Å². The fraction of sp³-hybridized carbons (Fsp3) is 1.00. The maximum atomic E-state index is 11.8. The molecular weight excluding hydrogens is 166 g/mol. The Morgan fingerprint density at radius 3 is 2.33 bits per heavy atom. The first-order valence-corrected chi connectivity index (χ1v) is 3.85. The predicted molar refractivity (Wildman–Crippen MR) is 43.4 cm³/mol. The van der Waals surface area contributed by atoms with Crippen LogP contribution in [-0.2, 0) is 0 Å². The van der Waals surface area contributed by atoms with Gasteiger partial charge in [-0.05, 0) is 14.1 Å². The van der Waals surface area contributed by atoms with Gasteiger partial charge in [0.2, 0.25) is 0 Å². The van der Waals surface area contributed by atoms with Gasteiger partial charge in [-0.2, -0.15) is 0 Å². The molecule has 12 heavy (non-hydrogen) atoms. The van der Waals surface area contributed by atoms with Gasteiger partial charge in [-0.1, -0.05) is 0 Å². The molecule has 0 bridgehead atoms. The summed E-state index contributed by atoms with van der Waals surface area (Å²) >= 11 is 0. The minimum absolute atomic E-state index is 0.0376. The largest absolute Gasteiger partial charge is 0.395 e. The Hall–Kier alpha value is -0.260. The van der Waals surface area contributed by atoms with Gasteiger partial charge >= 0.3 is 0 Å². The third-order valence-electron chi connectivity index (χ3n) is 1.61. The van der Waals surface area contributed by atoms with Crippen molar-refractivity contribution >= 4 is 0 Å². The first kappa shape index (κ1) is 11.7. The number of aliphatic hydroxyl groups is 1. The van der Waals surface area contributed by atoms with Crippen LogP contribution in [0.15, 0.2) is 0 Å². The molecule has 0 aromatic heterocycles. The average Bonchev–Trinajstić information content (AvgIpc) is 1.98. The summed E-state index contributed by atoms with van der Waals surface area (Å²) < 4.78 is 23.6. The molecule has 5 heteroatoms. The molecule has 0 fully saturated rings. The molecule has 0 aliphatic carbocycles. The number of likely N-dealkylation sites (N-methyl/N-ethyl adjacent to an activating group) is 2. The first-order valence-electron chi connectivity index (χ1n) is 3.85. The van der Waals surface area contributed by atoms with E-state index in [2.05, 4.69) is 5.32 Å². The molecule has 74 valence electrons. The molecule has 1 unspecified atom stereocenters. The molecule has 0 aromatic rings. The lowest BCUT2D eigenvalue weighted by atomic mass is 10.3. The van der Waals surface area contributed by atoms with Crippen LogP contribution in [0.2, 0.25) is 0 Å². The van der Waals surface area contributed by atoms with Gasteiger partial charge in [0.15, 0.2) is 0 Å². The fourth-order valence-corrected chi connectivity index (χ4v) is 0.927. The summed E-state index contributed by atoms with van der Waals surface area (Å²) in [4.78, 5) is 1.49. The Morgan fingerprint density at radius 1 is 1.42 bits per heavy atom. The summed E-state index contributed by atoms with van der Waals surface area (Å²) in [6.07, 6.45) is -2.31. The topological polar surface area (TPSA) is 35.5 Å². The molecule has 0 saturated heterocycles. The van der Waals surface area contributed by atoms with Gasteiger partial charge in [0.1, 0.15) is 0 Å². The monoisotopic (exact) mass is 182 g/mol. The van der Waals surface area contributed by atoms with E-state index in [4.69, 9.17) is 5.11 Å². The Morgan fingerprint density at radius 2 is 2.00 bits per heavy atom. The Labute approximate surface area is 71.4 Å².